The molecule has 0 aliphatic carbocycles. The molecule has 1 rings (SSSR count). The van der Waals surface area contributed by atoms with Gasteiger partial charge >= 0.3 is 5.97 Å². The maximum atomic E-state index is 12.0. The molecular weight excluding hydrogens is 286 g/mol. The number of carbonyl (C=O) groups excluding carboxylic acids is 2. The molecule has 1 aromatic carbocycles. The maximum absolute atomic E-state index is 12.0. The first-order valence-electron chi connectivity index (χ1n) is 7.23. The molecule has 0 aliphatic heterocycles. The van der Waals surface area contributed by atoms with Crippen LogP contribution in [0.25, 0.3) is 0 Å². The SMILES string of the molecule is CCC(CC)NC(=O)COC(=O)c1cc(OC)cc(OC)c1. The smallest absolute Gasteiger partial charge is 0.338 e. The van der Waals surface area contributed by atoms with E-state index in [4.69, 9.17) is 14.2 Å². The number of nitrogens with one attached hydrogen (secondary N) is 1. The molecule has 6 heteroatoms. The van der Waals surface area contributed by atoms with E-state index in [9.17, 15) is 9.59 Å². The van der Waals surface area contributed by atoms with Crippen LogP contribution in [0.4, 0.5) is 0 Å². The predicted octanol–water partition coefficient (Wildman–Crippen LogP) is 2.17. The van der Waals surface area contributed by atoms with Crippen LogP contribution in [0, 0.1) is 0 Å². The Morgan fingerprint density at radius 2 is 1.59 bits per heavy atom. The number of hydrogen-bond acceptors (Lipinski definition) is 5. The number of esters is 1. The van der Waals surface area contributed by atoms with E-state index in [0.29, 0.717) is 11.5 Å². The van der Waals surface area contributed by atoms with Crippen molar-refractivity contribution in [3.8, 4) is 11.5 Å². The summed E-state index contributed by atoms with van der Waals surface area (Å²) in [5, 5.41) is 2.80. The van der Waals surface area contributed by atoms with Crippen molar-refractivity contribution in [1.82, 2.24) is 5.32 Å². The summed E-state index contributed by atoms with van der Waals surface area (Å²) >= 11 is 0. The molecule has 0 aliphatic rings. The zero-order chi connectivity index (χ0) is 16.5. The third-order valence-corrected chi connectivity index (χ3v) is 3.27. The number of hydrogen-bond donors (Lipinski definition) is 1. The van der Waals surface area contributed by atoms with Crippen LogP contribution in [0.3, 0.4) is 0 Å². The topological polar surface area (TPSA) is 73.9 Å². The van der Waals surface area contributed by atoms with Gasteiger partial charge in [0.1, 0.15) is 11.5 Å². The molecule has 0 atom stereocenters. The van der Waals surface area contributed by atoms with Gasteiger partial charge in [-0.25, -0.2) is 4.79 Å². The van der Waals surface area contributed by atoms with Crippen molar-refractivity contribution in [2.45, 2.75) is 32.7 Å². The van der Waals surface area contributed by atoms with E-state index in [1.165, 1.54) is 26.4 Å². The van der Waals surface area contributed by atoms with E-state index < -0.39 is 5.97 Å². The van der Waals surface area contributed by atoms with E-state index in [1.807, 2.05) is 13.8 Å². The molecule has 0 saturated carbocycles. The van der Waals surface area contributed by atoms with Crippen molar-refractivity contribution < 1.29 is 23.8 Å². The Balaban J connectivity index is 2.63. The number of carbonyl (C=O) groups is 2. The third kappa shape index (κ3) is 5.27. The second-order valence-electron chi connectivity index (χ2n) is 4.76. The number of benzene rings is 1. The van der Waals surface area contributed by atoms with Crippen LogP contribution in [-0.4, -0.2) is 38.7 Å². The average Bonchev–Trinajstić information content (AvgIpc) is 2.56. The van der Waals surface area contributed by atoms with Crippen LogP contribution < -0.4 is 14.8 Å². The number of rotatable bonds is 8. The summed E-state index contributed by atoms with van der Waals surface area (Å²) in [5.41, 5.74) is 0.270. The fraction of sp³-hybridized carbons (Fsp3) is 0.500. The van der Waals surface area contributed by atoms with E-state index in [0.717, 1.165) is 12.8 Å². The van der Waals surface area contributed by atoms with Crippen LogP contribution in [-0.2, 0) is 9.53 Å². The summed E-state index contributed by atoms with van der Waals surface area (Å²) in [6, 6.07) is 4.81. The highest BCUT2D eigenvalue weighted by Crippen LogP contribution is 2.22. The molecule has 0 radical (unpaired) electrons. The van der Waals surface area contributed by atoms with E-state index in [1.54, 1.807) is 6.07 Å². The lowest BCUT2D eigenvalue weighted by atomic mass is 10.2. The second kappa shape index (κ2) is 8.92. The van der Waals surface area contributed by atoms with E-state index in [2.05, 4.69) is 5.32 Å². The quantitative estimate of drug-likeness (QED) is 0.745. The van der Waals surface area contributed by atoms with Crippen molar-refractivity contribution >= 4 is 11.9 Å². The molecule has 0 fully saturated rings. The minimum absolute atomic E-state index is 0.100. The lowest BCUT2D eigenvalue weighted by Gasteiger charge is -2.14. The van der Waals surface area contributed by atoms with Gasteiger partial charge in [0.2, 0.25) is 0 Å². The normalized spacial score (nSPS) is 10.2. The zero-order valence-electron chi connectivity index (χ0n) is 13.5. The van der Waals surface area contributed by atoms with Crippen LogP contribution in [0.5, 0.6) is 11.5 Å². The number of methoxy groups -OCH3 is 2. The first kappa shape index (κ1) is 17.8. The van der Waals surface area contributed by atoms with E-state index >= 15 is 0 Å². The Hall–Kier alpha value is -2.24. The van der Waals surface area contributed by atoms with Crippen LogP contribution in [0.15, 0.2) is 18.2 Å². The fourth-order valence-electron chi connectivity index (χ4n) is 1.90. The van der Waals surface area contributed by atoms with Gasteiger partial charge in [0.25, 0.3) is 5.91 Å². The summed E-state index contributed by atoms with van der Waals surface area (Å²) in [7, 11) is 2.99. The van der Waals surface area contributed by atoms with Crippen molar-refractivity contribution in [1.29, 1.82) is 0 Å². The molecule has 1 N–H and O–H groups in total. The molecule has 0 bridgehead atoms. The first-order chi connectivity index (χ1) is 10.5. The maximum Gasteiger partial charge on any atom is 0.338 e. The molecule has 1 amide bonds. The third-order valence-electron chi connectivity index (χ3n) is 3.27. The van der Waals surface area contributed by atoms with Gasteiger partial charge in [-0.15, -0.1) is 0 Å². The lowest BCUT2D eigenvalue weighted by molar-refractivity contribution is -0.125. The van der Waals surface area contributed by atoms with Crippen LogP contribution in [0.1, 0.15) is 37.0 Å². The Bertz CT molecular complexity index is 489. The van der Waals surface area contributed by atoms with Gasteiger partial charge in [-0.05, 0) is 25.0 Å². The monoisotopic (exact) mass is 309 g/mol. The standard InChI is InChI=1S/C16H23NO5/c1-5-12(6-2)17-15(18)10-22-16(19)11-7-13(20-3)9-14(8-11)21-4/h7-9,12H,5-6,10H2,1-4H3,(H,17,18). The van der Waals surface area contributed by atoms with Crippen molar-refractivity contribution in [2.24, 2.45) is 0 Å². The fourth-order valence-corrected chi connectivity index (χ4v) is 1.90. The molecule has 122 valence electrons. The van der Waals surface area contributed by atoms with Crippen LogP contribution in [0.2, 0.25) is 0 Å². The molecule has 6 nitrogen and oxygen atoms in total. The van der Waals surface area contributed by atoms with Crippen molar-refractivity contribution in [2.75, 3.05) is 20.8 Å². The summed E-state index contributed by atoms with van der Waals surface area (Å²) in [6.07, 6.45) is 1.67. The van der Waals surface area contributed by atoms with Gasteiger partial charge < -0.3 is 19.5 Å². The highest BCUT2D eigenvalue weighted by atomic mass is 16.5. The van der Waals surface area contributed by atoms with Crippen molar-refractivity contribution in [3.63, 3.8) is 0 Å². The average molecular weight is 309 g/mol. The zero-order valence-corrected chi connectivity index (χ0v) is 13.5. The highest BCUT2D eigenvalue weighted by molar-refractivity contribution is 5.92. The summed E-state index contributed by atoms with van der Waals surface area (Å²) < 4.78 is 15.2. The van der Waals surface area contributed by atoms with Gasteiger partial charge in [0.15, 0.2) is 6.61 Å². The van der Waals surface area contributed by atoms with Gasteiger partial charge in [-0.3, -0.25) is 4.79 Å². The first-order valence-corrected chi connectivity index (χ1v) is 7.23. The van der Waals surface area contributed by atoms with Crippen molar-refractivity contribution in [3.05, 3.63) is 23.8 Å². The Morgan fingerprint density at radius 3 is 2.05 bits per heavy atom. The number of amides is 1. The van der Waals surface area contributed by atoms with Gasteiger partial charge in [-0.2, -0.15) is 0 Å². The number of ether oxygens (including phenoxy) is 3. The molecule has 0 aromatic heterocycles. The molecule has 0 unspecified atom stereocenters. The van der Waals surface area contributed by atoms with Gasteiger partial charge in [-0.1, -0.05) is 13.8 Å². The molecule has 0 saturated heterocycles. The predicted molar refractivity (Wildman–Crippen MR) is 82.3 cm³/mol. The molecule has 0 heterocycles. The van der Waals surface area contributed by atoms with Gasteiger partial charge in [0.05, 0.1) is 19.8 Å². The molecule has 1 aromatic rings. The van der Waals surface area contributed by atoms with Crippen LogP contribution >= 0.6 is 0 Å². The minimum atomic E-state index is -0.600. The summed E-state index contributed by atoms with van der Waals surface area (Å²) in [6.45, 7) is 3.67. The Morgan fingerprint density at radius 1 is 1.05 bits per heavy atom. The Labute approximate surface area is 130 Å². The van der Waals surface area contributed by atoms with E-state index in [-0.39, 0.29) is 24.1 Å². The molecule has 0 spiro atoms. The lowest BCUT2D eigenvalue weighted by Crippen LogP contribution is -2.36. The highest BCUT2D eigenvalue weighted by Gasteiger charge is 2.14. The largest absolute Gasteiger partial charge is 0.497 e. The second-order valence-corrected chi connectivity index (χ2v) is 4.76. The molecule has 22 heavy (non-hydrogen) atoms. The van der Waals surface area contributed by atoms with Gasteiger partial charge in [0, 0.05) is 12.1 Å². The summed E-state index contributed by atoms with van der Waals surface area (Å²) in [4.78, 5) is 23.7. The summed E-state index contributed by atoms with van der Waals surface area (Å²) in [5.74, 6) is 0.0503. The molecular formula is C16H23NO5. The Kier molecular flexibility index (Phi) is 7.22. The minimum Gasteiger partial charge on any atom is -0.497 e.